The molecule has 3 saturated heterocycles. The quantitative estimate of drug-likeness (QED) is 0.390. The van der Waals surface area contributed by atoms with Crippen LogP contribution in [0, 0.1) is 11.8 Å². The number of aliphatic carboxylic acids is 1. The molecular formula is C19H27N3O6S2. The summed E-state index contributed by atoms with van der Waals surface area (Å²) in [7, 11) is 0. The van der Waals surface area contributed by atoms with E-state index in [4.69, 9.17) is 0 Å². The maximum atomic E-state index is 12.8. The van der Waals surface area contributed by atoms with Gasteiger partial charge in [-0.2, -0.15) is 0 Å². The zero-order chi connectivity index (χ0) is 21.7. The molecule has 2 amide bonds. The van der Waals surface area contributed by atoms with Crippen LogP contribution in [-0.4, -0.2) is 97.2 Å². The number of carboxylic acid groups (broad SMARTS) is 1. The maximum Gasteiger partial charge on any atom is 0.353 e. The van der Waals surface area contributed by atoms with Crippen molar-refractivity contribution in [1.82, 2.24) is 15.1 Å². The smallest absolute Gasteiger partial charge is 0.353 e. The van der Waals surface area contributed by atoms with Gasteiger partial charge in [0.15, 0.2) is 0 Å². The number of carbonyl (C=O) groups excluding carboxylic acids is 2. The molecule has 4 aliphatic rings. The molecule has 0 aromatic rings. The van der Waals surface area contributed by atoms with Crippen molar-refractivity contribution in [2.45, 2.75) is 49.0 Å². The molecule has 7 atom stereocenters. The van der Waals surface area contributed by atoms with E-state index in [1.807, 2.05) is 6.92 Å². The number of hydrogen-bond acceptors (Lipinski definition) is 8. The number of carboxylic acids is 1. The minimum atomic E-state index is -1.13. The van der Waals surface area contributed by atoms with Crippen LogP contribution in [-0.2, 0) is 14.4 Å². The van der Waals surface area contributed by atoms with Crippen molar-refractivity contribution in [3.05, 3.63) is 10.6 Å². The van der Waals surface area contributed by atoms with Crippen LogP contribution in [0.3, 0.4) is 0 Å². The van der Waals surface area contributed by atoms with Gasteiger partial charge in [-0.25, -0.2) is 4.79 Å². The van der Waals surface area contributed by atoms with E-state index in [0.29, 0.717) is 30.3 Å². The number of fused-ring (bicyclic) bond motifs is 1. The zero-order valence-electron chi connectivity index (χ0n) is 16.9. The summed E-state index contributed by atoms with van der Waals surface area (Å²) < 4.78 is 0. The van der Waals surface area contributed by atoms with Crippen LogP contribution in [0.4, 0.5) is 0 Å². The summed E-state index contributed by atoms with van der Waals surface area (Å²) in [6, 6.07) is -0.648. The van der Waals surface area contributed by atoms with E-state index in [1.54, 1.807) is 23.6 Å². The number of nitrogens with zero attached hydrogens (tertiary/aromatic N) is 2. The number of thioether (sulfide) groups is 2. The topological polar surface area (TPSA) is 130 Å². The van der Waals surface area contributed by atoms with E-state index in [0.717, 1.165) is 0 Å². The average molecular weight is 458 g/mol. The van der Waals surface area contributed by atoms with Crippen LogP contribution >= 0.6 is 23.5 Å². The lowest BCUT2D eigenvalue weighted by molar-refractivity contribution is -0.163. The van der Waals surface area contributed by atoms with Gasteiger partial charge in [-0.1, -0.05) is 6.92 Å². The Morgan fingerprint density at radius 2 is 2.13 bits per heavy atom. The number of carbonyl (C=O) groups is 3. The number of rotatable bonds is 6. The number of nitrogens with one attached hydrogen (secondary N) is 1. The van der Waals surface area contributed by atoms with Crippen molar-refractivity contribution in [2.24, 2.45) is 11.8 Å². The first-order valence-electron chi connectivity index (χ1n) is 10.1. The molecule has 0 aromatic heterocycles. The highest BCUT2D eigenvalue weighted by atomic mass is 32.2. The minimum Gasteiger partial charge on any atom is -0.477 e. The summed E-state index contributed by atoms with van der Waals surface area (Å²) in [5, 5.41) is 32.3. The summed E-state index contributed by atoms with van der Waals surface area (Å²) in [4.78, 5) is 40.9. The van der Waals surface area contributed by atoms with Gasteiger partial charge in [-0.3, -0.25) is 9.59 Å². The standard InChI is InChI=1S/C19H27N3O6S2/c1-8-14-13(9(2)24)18(26)22(14)15(19(27)28)16(8)30-10-3-12(20-4-10)17(25)21-5-11(6-23)29-7-21/h8-14,20,23-24H,3-7H2,1-2H3,(H,27,28)/t8-,9+,10-,11?,12-,13+,14+/m0/s1. The Labute approximate surface area is 183 Å². The molecule has 0 aliphatic carbocycles. The van der Waals surface area contributed by atoms with Crippen LogP contribution in [0.2, 0.25) is 0 Å². The fraction of sp³-hybridized carbons (Fsp3) is 0.737. The monoisotopic (exact) mass is 457 g/mol. The van der Waals surface area contributed by atoms with Gasteiger partial charge in [-0.05, 0) is 13.3 Å². The molecule has 166 valence electrons. The summed E-state index contributed by atoms with van der Waals surface area (Å²) in [5.41, 5.74) is 0.0240. The molecular weight excluding hydrogens is 430 g/mol. The molecule has 0 saturated carbocycles. The van der Waals surface area contributed by atoms with E-state index in [9.17, 15) is 29.7 Å². The Morgan fingerprint density at radius 1 is 1.40 bits per heavy atom. The molecule has 0 bridgehead atoms. The summed E-state index contributed by atoms with van der Waals surface area (Å²) >= 11 is 3.01. The van der Waals surface area contributed by atoms with Gasteiger partial charge >= 0.3 is 5.97 Å². The van der Waals surface area contributed by atoms with Crippen molar-refractivity contribution in [3.63, 3.8) is 0 Å². The minimum absolute atomic E-state index is 0.0154. The van der Waals surface area contributed by atoms with Crippen molar-refractivity contribution in [2.75, 3.05) is 25.6 Å². The van der Waals surface area contributed by atoms with Crippen molar-refractivity contribution >= 4 is 41.3 Å². The Morgan fingerprint density at radius 3 is 2.73 bits per heavy atom. The fourth-order valence-corrected chi connectivity index (χ4v) is 7.36. The Kier molecular flexibility index (Phi) is 6.10. The molecule has 11 heteroatoms. The summed E-state index contributed by atoms with van der Waals surface area (Å²) in [6.45, 7) is 4.64. The molecule has 3 fully saturated rings. The molecule has 1 unspecified atom stereocenters. The van der Waals surface area contributed by atoms with E-state index in [-0.39, 0.29) is 52.6 Å². The van der Waals surface area contributed by atoms with Crippen molar-refractivity contribution in [3.8, 4) is 0 Å². The first-order valence-corrected chi connectivity index (χ1v) is 12.1. The fourth-order valence-electron chi connectivity index (χ4n) is 4.87. The van der Waals surface area contributed by atoms with Gasteiger partial charge in [0.1, 0.15) is 5.70 Å². The SMILES string of the molecule is C[C@@H]1C(S[C@@H]2CN[C@H](C(=O)N3CSC(CO)C3)C2)=C(C(=O)O)N2C(=O)[C@H]([C@@H](C)O)[C@@H]12. The third-order valence-corrected chi connectivity index (χ3v) is 9.14. The Hall–Kier alpha value is -1.27. The van der Waals surface area contributed by atoms with Crippen LogP contribution < -0.4 is 5.32 Å². The highest BCUT2D eigenvalue weighted by Gasteiger charge is 2.60. The predicted octanol–water partition coefficient (Wildman–Crippen LogP) is -0.502. The van der Waals surface area contributed by atoms with Gasteiger partial charge in [0, 0.05) is 34.4 Å². The maximum absolute atomic E-state index is 12.8. The van der Waals surface area contributed by atoms with E-state index < -0.39 is 18.0 Å². The highest BCUT2D eigenvalue weighted by Crippen LogP contribution is 2.51. The molecule has 4 N–H and O–H groups in total. The van der Waals surface area contributed by atoms with Gasteiger partial charge in [0.25, 0.3) is 0 Å². The third kappa shape index (κ3) is 3.54. The van der Waals surface area contributed by atoms with Gasteiger partial charge in [0.2, 0.25) is 11.8 Å². The molecule has 0 spiro atoms. The molecule has 4 aliphatic heterocycles. The first-order chi connectivity index (χ1) is 14.2. The van der Waals surface area contributed by atoms with E-state index in [2.05, 4.69) is 5.32 Å². The van der Waals surface area contributed by atoms with Crippen LogP contribution in [0.15, 0.2) is 10.6 Å². The lowest BCUT2D eigenvalue weighted by atomic mass is 9.79. The highest BCUT2D eigenvalue weighted by molar-refractivity contribution is 8.03. The summed E-state index contributed by atoms with van der Waals surface area (Å²) in [5.74, 6) is -1.62. The van der Waals surface area contributed by atoms with Gasteiger partial charge in [-0.15, -0.1) is 23.5 Å². The van der Waals surface area contributed by atoms with Gasteiger partial charge in [0.05, 0.1) is 36.6 Å². The first kappa shape index (κ1) is 21.9. The second kappa shape index (κ2) is 8.34. The van der Waals surface area contributed by atoms with Crippen LogP contribution in [0.25, 0.3) is 0 Å². The Bertz CT molecular complexity index is 790. The molecule has 9 nitrogen and oxygen atoms in total. The molecule has 4 heterocycles. The predicted molar refractivity (Wildman–Crippen MR) is 112 cm³/mol. The van der Waals surface area contributed by atoms with E-state index in [1.165, 1.54) is 16.7 Å². The molecule has 0 radical (unpaired) electrons. The van der Waals surface area contributed by atoms with E-state index >= 15 is 0 Å². The number of β-lactam (4-membered cyclic amide) rings is 1. The zero-order valence-corrected chi connectivity index (χ0v) is 18.5. The molecule has 4 rings (SSSR count). The number of hydrogen-bond donors (Lipinski definition) is 4. The Balaban J connectivity index is 1.44. The second-order valence-electron chi connectivity index (χ2n) is 8.37. The number of amides is 2. The van der Waals surface area contributed by atoms with Crippen LogP contribution in [0.1, 0.15) is 20.3 Å². The average Bonchev–Trinajstić information content (AvgIpc) is 3.40. The van der Waals surface area contributed by atoms with Gasteiger partial charge < -0.3 is 30.4 Å². The lowest BCUT2D eigenvalue weighted by Crippen LogP contribution is -2.63. The molecule has 0 aromatic carbocycles. The normalized spacial score (nSPS) is 36.9. The van der Waals surface area contributed by atoms with Crippen molar-refractivity contribution < 1.29 is 29.7 Å². The third-order valence-electron chi connectivity index (χ3n) is 6.40. The summed E-state index contributed by atoms with van der Waals surface area (Å²) in [6.07, 6.45) is -0.243. The lowest BCUT2D eigenvalue weighted by Gasteiger charge is -2.46. The van der Waals surface area contributed by atoms with Crippen molar-refractivity contribution in [1.29, 1.82) is 0 Å². The number of aliphatic hydroxyl groups excluding tert-OH is 2. The molecule has 30 heavy (non-hydrogen) atoms. The largest absolute Gasteiger partial charge is 0.477 e. The second-order valence-corrected chi connectivity index (χ2v) is 11.0. The van der Waals surface area contributed by atoms with Crippen LogP contribution in [0.5, 0.6) is 0 Å². The number of aliphatic hydroxyl groups is 2.